The van der Waals surface area contributed by atoms with Gasteiger partial charge in [0.25, 0.3) is 5.69 Å². The Bertz CT molecular complexity index is 357. The molecule has 0 saturated carbocycles. The van der Waals surface area contributed by atoms with Crippen LogP contribution in [0.4, 0.5) is 10.1 Å². The van der Waals surface area contributed by atoms with Gasteiger partial charge < -0.3 is 0 Å². The molecular formula is C9H9FINO2. The van der Waals surface area contributed by atoms with Gasteiger partial charge in [-0.05, 0) is 34.2 Å². The first kappa shape index (κ1) is 11.4. The van der Waals surface area contributed by atoms with Crippen LogP contribution in [0.5, 0.6) is 0 Å². The van der Waals surface area contributed by atoms with E-state index in [0.29, 0.717) is 5.56 Å². The summed E-state index contributed by atoms with van der Waals surface area (Å²) in [6, 6.07) is 4.65. The van der Waals surface area contributed by atoms with Crippen molar-refractivity contribution >= 4 is 28.3 Å². The van der Waals surface area contributed by atoms with E-state index in [1.807, 2.05) is 22.6 Å². The summed E-state index contributed by atoms with van der Waals surface area (Å²) in [7, 11) is 0. The molecule has 0 fully saturated rings. The van der Waals surface area contributed by atoms with E-state index in [4.69, 9.17) is 0 Å². The van der Waals surface area contributed by atoms with Gasteiger partial charge in [0.05, 0.1) is 11.6 Å². The molecule has 1 atom stereocenters. The molecule has 1 aromatic rings. The topological polar surface area (TPSA) is 43.1 Å². The van der Waals surface area contributed by atoms with Crippen LogP contribution in [0.25, 0.3) is 0 Å². The van der Waals surface area contributed by atoms with E-state index in [-0.39, 0.29) is 11.6 Å². The van der Waals surface area contributed by atoms with Gasteiger partial charge in [0.1, 0.15) is 0 Å². The summed E-state index contributed by atoms with van der Waals surface area (Å²) in [5, 5.41) is 10.5. The third kappa shape index (κ3) is 2.63. The minimum absolute atomic E-state index is 0.0206. The summed E-state index contributed by atoms with van der Waals surface area (Å²) in [5.41, 5.74) is 0.693. The maximum Gasteiger partial charge on any atom is 0.270 e. The van der Waals surface area contributed by atoms with Gasteiger partial charge in [-0.15, -0.1) is 0 Å². The molecule has 0 heterocycles. The molecule has 0 aliphatic heterocycles. The molecular weight excluding hydrogens is 300 g/mol. The van der Waals surface area contributed by atoms with E-state index in [9.17, 15) is 14.5 Å². The molecule has 76 valence electrons. The minimum Gasteiger partial charge on any atom is -0.258 e. The van der Waals surface area contributed by atoms with Crippen molar-refractivity contribution in [3.63, 3.8) is 0 Å². The van der Waals surface area contributed by atoms with E-state index in [1.165, 1.54) is 12.1 Å². The smallest absolute Gasteiger partial charge is 0.258 e. The Labute approximate surface area is 94.6 Å². The number of rotatable bonds is 3. The summed E-state index contributed by atoms with van der Waals surface area (Å²) >= 11 is 1.99. The van der Waals surface area contributed by atoms with Crippen LogP contribution in [0.3, 0.4) is 0 Å². The van der Waals surface area contributed by atoms with Gasteiger partial charge in [-0.3, -0.25) is 14.5 Å². The Morgan fingerprint density at radius 1 is 1.57 bits per heavy atom. The summed E-state index contributed by atoms with van der Waals surface area (Å²) in [5.74, 6) is -0.289. The molecule has 1 aromatic carbocycles. The normalized spacial score (nSPS) is 12.5. The predicted molar refractivity (Wildman–Crippen MR) is 60.2 cm³/mol. The Balaban J connectivity index is 3.13. The van der Waals surface area contributed by atoms with Crippen LogP contribution in [-0.4, -0.2) is 11.6 Å². The van der Waals surface area contributed by atoms with Crippen LogP contribution < -0.4 is 0 Å². The zero-order valence-electron chi connectivity index (χ0n) is 7.54. The molecule has 0 spiro atoms. The third-order valence-electron chi connectivity index (χ3n) is 1.92. The highest BCUT2D eigenvalue weighted by molar-refractivity contribution is 14.1. The highest BCUT2D eigenvalue weighted by atomic mass is 127. The largest absolute Gasteiger partial charge is 0.270 e. The predicted octanol–water partition coefficient (Wildman–Crippen LogP) is 3.27. The zero-order chi connectivity index (χ0) is 10.7. The van der Waals surface area contributed by atoms with Gasteiger partial charge in [0, 0.05) is 21.6 Å². The van der Waals surface area contributed by atoms with Crippen molar-refractivity contribution in [2.24, 2.45) is 0 Å². The second kappa shape index (κ2) is 4.68. The van der Waals surface area contributed by atoms with Crippen molar-refractivity contribution in [3.8, 4) is 0 Å². The quantitative estimate of drug-likeness (QED) is 0.488. The third-order valence-corrected chi connectivity index (χ3v) is 2.54. The second-order valence-electron chi connectivity index (χ2n) is 3.06. The molecule has 0 aromatic heterocycles. The molecule has 0 N–H and O–H groups in total. The first-order valence-corrected chi connectivity index (χ1v) is 5.13. The number of non-ortho nitro benzene ring substituents is 1. The number of hydrogen-bond donors (Lipinski definition) is 0. The monoisotopic (exact) mass is 309 g/mol. The van der Waals surface area contributed by atoms with Crippen LogP contribution in [0.1, 0.15) is 18.4 Å². The van der Waals surface area contributed by atoms with Crippen LogP contribution in [0, 0.1) is 13.7 Å². The maximum atomic E-state index is 12.4. The fourth-order valence-electron chi connectivity index (χ4n) is 1.08. The number of nitro benzene ring substituents is 1. The standard InChI is InChI=1S/C9H9FINO2/c1-6(5-10)7-2-8(11)4-9(3-7)12(13)14/h2-4,6H,5H2,1H3. The van der Waals surface area contributed by atoms with E-state index >= 15 is 0 Å². The Kier molecular flexibility index (Phi) is 3.79. The van der Waals surface area contributed by atoms with Crippen molar-refractivity contribution in [3.05, 3.63) is 37.4 Å². The van der Waals surface area contributed by atoms with Crippen LogP contribution in [-0.2, 0) is 0 Å². The van der Waals surface area contributed by atoms with Crippen molar-refractivity contribution in [1.82, 2.24) is 0 Å². The highest BCUT2D eigenvalue weighted by Gasteiger charge is 2.12. The van der Waals surface area contributed by atoms with E-state index < -0.39 is 11.6 Å². The fraction of sp³-hybridized carbons (Fsp3) is 0.333. The van der Waals surface area contributed by atoms with Gasteiger partial charge >= 0.3 is 0 Å². The molecule has 14 heavy (non-hydrogen) atoms. The molecule has 1 unspecified atom stereocenters. The Morgan fingerprint density at radius 2 is 2.21 bits per heavy atom. The summed E-state index contributed by atoms with van der Waals surface area (Å²) in [6.07, 6.45) is 0. The van der Waals surface area contributed by atoms with Gasteiger partial charge in [0.15, 0.2) is 0 Å². The number of hydrogen-bond acceptors (Lipinski definition) is 2. The van der Waals surface area contributed by atoms with Crippen molar-refractivity contribution in [2.75, 3.05) is 6.67 Å². The molecule has 0 aliphatic carbocycles. The summed E-state index contributed by atoms with van der Waals surface area (Å²) < 4.78 is 13.1. The average molecular weight is 309 g/mol. The number of alkyl halides is 1. The first-order chi connectivity index (χ1) is 6.54. The molecule has 0 radical (unpaired) electrons. The summed E-state index contributed by atoms with van der Waals surface area (Å²) in [6.45, 7) is 1.20. The number of nitrogens with zero attached hydrogens (tertiary/aromatic N) is 1. The SMILES string of the molecule is CC(CF)c1cc(I)cc([N+](=O)[O-])c1. The first-order valence-electron chi connectivity index (χ1n) is 4.05. The van der Waals surface area contributed by atoms with Gasteiger partial charge in [-0.2, -0.15) is 0 Å². The van der Waals surface area contributed by atoms with Crippen molar-refractivity contribution in [1.29, 1.82) is 0 Å². The Morgan fingerprint density at radius 3 is 2.71 bits per heavy atom. The van der Waals surface area contributed by atoms with Crippen LogP contribution in [0.15, 0.2) is 18.2 Å². The van der Waals surface area contributed by atoms with Gasteiger partial charge in [-0.25, -0.2) is 0 Å². The number of benzene rings is 1. The summed E-state index contributed by atoms with van der Waals surface area (Å²) in [4.78, 5) is 10.1. The van der Waals surface area contributed by atoms with Gasteiger partial charge in [0.2, 0.25) is 0 Å². The lowest BCUT2D eigenvalue weighted by Gasteiger charge is -2.07. The molecule has 3 nitrogen and oxygen atoms in total. The van der Waals surface area contributed by atoms with E-state index in [0.717, 1.165) is 3.57 Å². The highest BCUT2D eigenvalue weighted by Crippen LogP contribution is 2.24. The molecule has 0 aliphatic rings. The number of nitro groups is 1. The molecule has 0 amide bonds. The molecule has 0 saturated heterocycles. The second-order valence-corrected chi connectivity index (χ2v) is 4.30. The van der Waals surface area contributed by atoms with E-state index in [1.54, 1.807) is 13.0 Å². The minimum atomic E-state index is -0.503. The van der Waals surface area contributed by atoms with Crippen molar-refractivity contribution < 1.29 is 9.31 Å². The van der Waals surface area contributed by atoms with E-state index in [2.05, 4.69) is 0 Å². The lowest BCUT2D eigenvalue weighted by molar-refractivity contribution is -0.385. The van der Waals surface area contributed by atoms with Crippen molar-refractivity contribution in [2.45, 2.75) is 12.8 Å². The maximum absolute atomic E-state index is 12.4. The van der Waals surface area contributed by atoms with Crippen LogP contribution >= 0.6 is 22.6 Å². The molecule has 5 heteroatoms. The fourth-order valence-corrected chi connectivity index (χ4v) is 1.75. The number of halogens is 2. The average Bonchev–Trinajstić information content (AvgIpc) is 2.15. The lowest BCUT2D eigenvalue weighted by Crippen LogP contribution is -1.98. The zero-order valence-corrected chi connectivity index (χ0v) is 9.69. The van der Waals surface area contributed by atoms with Gasteiger partial charge in [-0.1, -0.05) is 6.92 Å². The lowest BCUT2D eigenvalue weighted by atomic mass is 10.0. The Hall–Kier alpha value is -0.720. The van der Waals surface area contributed by atoms with Crippen LogP contribution in [0.2, 0.25) is 0 Å². The molecule has 0 bridgehead atoms. The molecule has 1 rings (SSSR count).